The molecule has 0 unspecified atom stereocenters. The molecule has 2 N–H and O–H groups in total. The van der Waals surface area contributed by atoms with Crippen molar-refractivity contribution in [3.8, 4) is 5.75 Å². The van der Waals surface area contributed by atoms with Crippen molar-refractivity contribution in [2.75, 3.05) is 17.1 Å². The van der Waals surface area contributed by atoms with Crippen LogP contribution in [-0.4, -0.2) is 25.7 Å². The van der Waals surface area contributed by atoms with Gasteiger partial charge in [-0.05, 0) is 68.3 Å². The Morgan fingerprint density at radius 2 is 1.57 bits per heavy atom. The molecular formula is C20H22N4O3S. The van der Waals surface area contributed by atoms with Crippen molar-refractivity contribution in [1.82, 2.24) is 10.2 Å². The number of aromatic nitrogens is 2. The topological polar surface area (TPSA) is 93.2 Å². The van der Waals surface area contributed by atoms with E-state index in [1.165, 1.54) is 18.7 Å². The summed E-state index contributed by atoms with van der Waals surface area (Å²) in [5, 5.41) is 11.2. The number of aryl methyl sites for hydroxylation is 3. The molecule has 2 aromatic carbocycles. The van der Waals surface area contributed by atoms with Gasteiger partial charge in [-0.3, -0.25) is 4.72 Å². The van der Waals surface area contributed by atoms with Gasteiger partial charge >= 0.3 is 0 Å². The first-order valence-electron chi connectivity index (χ1n) is 8.64. The van der Waals surface area contributed by atoms with Crippen LogP contribution < -0.4 is 14.8 Å². The second kappa shape index (κ2) is 7.85. The normalized spacial score (nSPS) is 11.1. The van der Waals surface area contributed by atoms with Gasteiger partial charge < -0.3 is 10.1 Å². The molecule has 0 saturated heterocycles. The van der Waals surface area contributed by atoms with Crippen LogP contribution in [0.15, 0.2) is 53.4 Å². The van der Waals surface area contributed by atoms with E-state index in [0.717, 1.165) is 11.3 Å². The molecule has 0 amide bonds. The van der Waals surface area contributed by atoms with Crippen molar-refractivity contribution in [3.63, 3.8) is 0 Å². The van der Waals surface area contributed by atoms with Crippen molar-refractivity contribution in [2.45, 2.75) is 25.7 Å². The number of nitrogens with one attached hydrogen (secondary N) is 2. The molecule has 0 aliphatic heterocycles. The summed E-state index contributed by atoms with van der Waals surface area (Å²) >= 11 is 0. The van der Waals surface area contributed by atoms with Crippen molar-refractivity contribution in [1.29, 1.82) is 0 Å². The minimum absolute atomic E-state index is 0.140. The fourth-order valence-corrected chi connectivity index (χ4v) is 4.01. The first-order chi connectivity index (χ1) is 13.3. The Hall–Kier alpha value is -3.13. The summed E-state index contributed by atoms with van der Waals surface area (Å²) in [7, 11) is -2.25. The highest BCUT2D eigenvalue weighted by atomic mass is 32.2. The standard InChI is InChI=1S/C20H22N4O3S/c1-13-5-7-17(14(2)11-13)21-19-9-10-20(23-22-19)24-28(25,26)18-8-6-16(27-4)12-15(18)3/h5-12H,1-4H3,(H,21,22)(H,23,24). The van der Waals surface area contributed by atoms with Crippen LogP contribution in [0.3, 0.4) is 0 Å². The highest BCUT2D eigenvalue weighted by Gasteiger charge is 2.18. The van der Waals surface area contributed by atoms with Gasteiger partial charge in [0, 0.05) is 5.69 Å². The third-order valence-corrected chi connectivity index (χ3v) is 5.73. The summed E-state index contributed by atoms with van der Waals surface area (Å²) in [6.07, 6.45) is 0. The lowest BCUT2D eigenvalue weighted by molar-refractivity contribution is 0.414. The first kappa shape index (κ1) is 19.6. The van der Waals surface area contributed by atoms with Gasteiger partial charge in [0.25, 0.3) is 10.0 Å². The maximum Gasteiger partial charge on any atom is 0.263 e. The molecule has 0 aliphatic carbocycles. The molecule has 0 spiro atoms. The van der Waals surface area contributed by atoms with E-state index in [1.807, 2.05) is 26.0 Å². The number of ether oxygens (including phenoxy) is 1. The van der Waals surface area contributed by atoms with E-state index >= 15 is 0 Å². The van der Waals surface area contributed by atoms with Gasteiger partial charge in [-0.15, -0.1) is 10.2 Å². The van der Waals surface area contributed by atoms with Crippen molar-refractivity contribution in [2.24, 2.45) is 0 Å². The Morgan fingerprint density at radius 1 is 0.857 bits per heavy atom. The number of hydrogen-bond donors (Lipinski definition) is 2. The maximum absolute atomic E-state index is 12.6. The Kier molecular flexibility index (Phi) is 5.51. The van der Waals surface area contributed by atoms with Crippen LogP contribution in [0.1, 0.15) is 16.7 Å². The highest BCUT2D eigenvalue weighted by Crippen LogP contribution is 2.24. The quantitative estimate of drug-likeness (QED) is 0.653. The lowest BCUT2D eigenvalue weighted by Crippen LogP contribution is -2.15. The number of methoxy groups -OCH3 is 1. The third-order valence-electron chi connectivity index (χ3n) is 4.22. The molecule has 8 heteroatoms. The average molecular weight is 398 g/mol. The Balaban J connectivity index is 1.76. The smallest absolute Gasteiger partial charge is 0.263 e. The fourth-order valence-electron chi connectivity index (χ4n) is 2.79. The predicted molar refractivity (Wildman–Crippen MR) is 110 cm³/mol. The zero-order valence-electron chi connectivity index (χ0n) is 16.1. The van der Waals surface area contributed by atoms with Crippen LogP contribution >= 0.6 is 0 Å². The van der Waals surface area contributed by atoms with Gasteiger partial charge in [-0.1, -0.05) is 17.7 Å². The second-order valence-corrected chi connectivity index (χ2v) is 8.13. The summed E-state index contributed by atoms with van der Waals surface area (Å²) in [6, 6.07) is 14.0. The molecule has 3 aromatic rings. The molecule has 1 aromatic heterocycles. The Bertz CT molecular complexity index is 1100. The minimum Gasteiger partial charge on any atom is -0.497 e. The minimum atomic E-state index is -3.78. The molecule has 0 aliphatic rings. The number of sulfonamides is 1. The van der Waals surface area contributed by atoms with Crippen molar-refractivity contribution in [3.05, 3.63) is 65.2 Å². The fraction of sp³-hybridized carbons (Fsp3) is 0.200. The van der Waals surface area contributed by atoms with Crippen LogP contribution in [0, 0.1) is 20.8 Å². The van der Waals surface area contributed by atoms with E-state index in [0.29, 0.717) is 17.1 Å². The van der Waals surface area contributed by atoms with Crippen LogP contribution in [0.2, 0.25) is 0 Å². The zero-order valence-corrected chi connectivity index (χ0v) is 17.0. The molecule has 146 valence electrons. The summed E-state index contributed by atoms with van der Waals surface area (Å²) in [5.41, 5.74) is 3.75. The molecule has 0 bridgehead atoms. The third kappa shape index (κ3) is 4.40. The molecule has 7 nitrogen and oxygen atoms in total. The molecule has 0 atom stereocenters. The van der Waals surface area contributed by atoms with E-state index in [4.69, 9.17) is 4.74 Å². The zero-order chi connectivity index (χ0) is 20.3. The molecule has 0 fully saturated rings. The van der Waals surface area contributed by atoms with Crippen LogP contribution in [0.5, 0.6) is 5.75 Å². The predicted octanol–water partition coefficient (Wildman–Crippen LogP) is 3.95. The number of nitrogens with zero attached hydrogens (tertiary/aromatic N) is 2. The molecule has 1 heterocycles. The number of anilines is 3. The van der Waals surface area contributed by atoms with E-state index < -0.39 is 10.0 Å². The lowest BCUT2D eigenvalue weighted by Gasteiger charge is -2.12. The monoisotopic (exact) mass is 398 g/mol. The first-order valence-corrected chi connectivity index (χ1v) is 10.1. The van der Waals surface area contributed by atoms with Crippen LogP contribution in [0.4, 0.5) is 17.3 Å². The van der Waals surface area contributed by atoms with Gasteiger partial charge in [0.2, 0.25) is 0 Å². The van der Waals surface area contributed by atoms with E-state index in [1.54, 1.807) is 31.2 Å². The Labute approximate surface area is 164 Å². The number of rotatable bonds is 6. The SMILES string of the molecule is COc1ccc(S(=O)(=O)Nc2ccc(Nc3ccc(C)cc3C)nn2)c(C)c1. The highest BCUT2D eigenvalue weighted by molar-refractivity contribution is 7.92. The average Bonchev–Trinajstić information content (AvgIpc) is 2.65. The molecule has 0 radical (unpaired) electrons. The second-order valence-electron chi connectivity index (χ2n) is 6.48. The van der Waals surface area contributed by atoms with Gasteiger partial charge in [-0.2, -0.15) is 0 Å². The lowest BCUT2D eigenvalue weighted by atomic mass is 10.1. The van der Waals surface area contributed by atoms with Gasteiger partial charge in [0.15, 0.2) is 11.6 Å². The largest absolute Gasteiger partial charge is 0.497 e. The van der Waals surface area contributed by atoms with E-state index in [2.05, 4.69) is 26.3 Å². The molecule has 0 saturated carbocycles. The van der Waals surface area contributed by atoms with E-state index in [9.17, 15) is 8.42 Å². The molecule has 28 heavy (non-hydrogen) atoms. The Morgan fingerprint density at radius 3 is 2.18 bits per heavy atom. The number of hydrogen-bond acceptors (Lipinski definition) is 6. The summed E-state index contributed by atoms with van der Waals surface area (Å²) in [6.45, 7) is 5.74. The van der Waals surface area contributed by atoms with Crippen LogP contribution in [0.25, 0.3) is 0 Å². The molecular weight excluding hydrogens is 376 g/mol. The van der Waals surface area contributed by atoms with Gasteiger partial charge in [0.1, 0.15) is 5.75 Å². The molecule has 3 rings (SSSR count). The summed E-state index contributed by atoms with van der Waals surface area (Å²) < 4.78 is 32.8. The van der Waals surface area contributed by atoms with E-state index in [-0.39, 0.29) is 10.7 Å². The summed E-state index contributed by atoms with van der Waals surface area (Å²) in [5.74, 6) is 1.26. The maximum atomic E-state index is 12.6. The van der Waals surface area contributed by atoms with Crippen LogP contribution in [-0.2, 0) is 10.0 Å². The van der Waals surface area contributed by atoms with Gasteiger partial charge in [-0.25, -0.2) is 8.42 Å². The number of benzene rings is 2. The summed E-state index contributed by atoms with van der Waals surface area (Å²) in [4.78, 5) is 0.160. The van der Waals surface area contributed by atoms with Gasteiger partial charge in [0.05, 0.1) is 12.0 Å². The van der Waals surface area contributed by atoms with Crippen molar-refractivity contribution >= 4 is 27.3 Å². The van der Waals surface area contributed by atoms with Crippen molar-refractivity contribution < 1.29 is 13.2 Å².